The fourth-order valence-electron chi connectivity index (χ4n) is 3.25. The fourth-order valence-corrected chi connectivity index (χ4v) is 3.59. The minimum absolute atomic E-state index is 0.0195. The normalized spacial score (nSPS) is 29.7. The Kier molecular flexibility index (Phi) is 4.71. The summed E-state index contributed by atoms with van der Waals surface area (Å²) in [5, 5.41) is 6.43. The average molecular weight is 387 g/mol. The van der Waals surface area contributed by atoms with E-state index in [1.54, 1.807) is 6.26 Å². The number of nitrogens with one attached hydrogen (secondary N) is 2. The predicted molar refractivity (Wildman–Crippen MR) is 88.0 cm³/mol. The van der Waals surface area contributed by atoms with Crippen LogP contribution in [0.2, 0.25) is 0 Å². The van der Waals surface area contributed by atoms with Crippen LogP contribution < -0.4 is 10.6 Å². The van der Waals surface area contributed by atoms with Crippen molar-refractivity contribution in [1.29, 1.82) is 0 Å². The van der Waals surface area contributed by atoms with Crippen LogP contribution in [0.4, 0.5) is 4.79 Å². The van der Waals surface area contributed by atoms with Gasteiger partial charge in [-0.25, -0.2) is 4.79 Å². The van der Waals surface area contributed by atoms with E-state index in [1.165, 1.54) is 0 Å². The minimum Gasteiger partial charge on any atom is -0.467 e. The van der Waals surface area contributed by atoms with E-state index in [1.807, 2.05) is 26.8 Å². The van der Waals surface area contributed by atoms with Crippen molar-refractivity contribution in [2.45, 2.75) is 57.5 Å². The van der Waals surface area contributed by atoms with Crippen LogP contribution in [-0.2, 0) is 16.0 Å². The average Bonchev–Trinajstić information content (AvgIpc) is 3.02. The maximum absolute atomic E-state index is 12.1. The van der Waals surface area contributed by atoms with Crippen LogP contribution in [-0.4, -0.2) is 36.5 Å². The van der Waals surface area contributed by atoms with Crippen molar-refractivity contribution >= 4 is 22.0 Å². The molecular weight excluding hydrogens is 364 g/mol. The number of furan rings is 1. The quantitative estimate of drug-likeness (QED) is 0.832. The maximum atomic E-state index is 12.1. The number of alkyl carbamates (subject to hydrolysis) is 1. The van der Waals surface area contributed by atoms with Gasteiger partial charge >= 0.3 is 6.09 Å². The smallest absolute Gasteiger partial charge is 0.407 e. The fraction of sp³-hybridized carbons (Fsp3) is 0.688. The maximum Gasteiger partial charge on any atom is 0.407 e. The van der Waals surface area contributed by atoms with E-state index in [0.29, 0.717) is 12.5 Å². The molecule has 2 aliphatic rings. The molecule has 23 heavy (non-hydrogen) atoms. The molecule has 4 atom stereocenters. The standard InChI is InChI=1S/C16H23BrN2O4/c1-16(2,3)23-15(20)19-12-9-4-6-22-14(9)13(12)18-8-11-10(17)5-7-21-11/h5,7,9,12-14,18H,4,6,8H2,1-3H3,(H,19,20). The summed E-state index contributed by atoms with van der Waals surface area (Å²) in [4.78, 5) is 12.1. The number of carbonyl (C=O) groups excluding carboxylic acids is 1. The van der Waals surface area contributed by atoms with E-state index in [0.717, 1.165) is 23.3 Å². The van der Waals surface area contributed by atoms with Gasteiger partial charge < -0.3 is 24.5 Å². The summed E-state index contributed by atoms with van der Waals surface area (Å²) in [6.45, 7) is 6.90. The van der Waals surface area contributed by atoms with Crippen molar-refractivity contribution in [2.75, 3.05) is 6.61 Å². The second-order valence-corrected chi connectivity index (χ2v) is 7.91. The number of carbonyl (C=O) groups is 1. The molecule has 2 heterocycles. The van der Waals surface area contributed by atoms with E-state index in [4.69, 9.17) is 13.9 Å². The van der Waals surface area contributed by atoms with Crippen LogP contribution in [0.3, 0.4) is 0 Å². The van der Waals surface area contributed by atoms with E-state index < -0.39 is 5.60 Å². The zero-order valence-corrected chi connectivity index (χ0v) is 15.2. The van der Waals surface area contributed by atoms with Gasteiger partial charge in [0, 0.05) is 12.5 Å². The summed E-state index contributed by atoms with van der Waals surface area (Å²) in [6, 6.07) is 1.95. The van der Waals surface area contributed by atoms with Crippen LogP contribution in [0.1, 0.15) is 33.0 Å². The first kappa shape index (κ1) is 16.8. The second kappa shape index (κ2) is 6.45. The molecule has 0 radical (unpaired) electrons. The molecule has 7 heteroatoms. The van der Waals surface area contributed by atoms with Crippen LogP contribution >= 0.6 is 15.9 Å². The summed E-state index contributed by atoms with van der Waals surface area (Å²) in [7, 11) is 0. The molecule has 2 fully saturated rings. The number of ether oxygens (including phenoxy) is 2. The summed E-state index contributed by atoms with van der Waals surface area (Å²) >= 11 is 3.45. The SMILES string of the molecule is CC(C)(C)OC(=O)NC1C2CCOC2C1NCc1occc1Br. The molecule has 4 unspecified atom stereocenters. The number of halogens is 1. The number of amides is 1. The Labute approximate surface area is 144 Å². The Morgan fingerprint density at radius 3 is 2.87 bits per heavy atom. The topological polar surface area (TPSA) is 72.7 Å². The molecule has 2 N–H and O–H groups in total. The summed E-state index contributed by atoms with van der Waals surface area (Å²) < 4.78 is 17.5. The summed E-state index contributed by atoms with van der Waals surface area (Å²) in [5.74, 6) is 1.18. The van der Waals surface area contributed by atoms with Gasteiger partial charge in [0.15, 0.2) is 0 Å². The monoisotopic (exact) mass is 386 g/mol. The Morgan fingerprint density at radius 2 is 2.22 bits per heavy atom. The summed E-state index contributed by atoms with van der Waals surface area (Å²) in [6.07, 6.45) is 2.38. The van der Waals surface area contributed by atoms with Gasteiger partial charge in [0.25, 0.3) is 0 Å². The van der Waals surface area contributed by atoms with Crippen molar-refractivity contribution < 1.29 is 18.7 Å². The number of fused-ring (bicyclic) bond motifs is 1. The third-order valence-corrected chi connectivity index (χ3v) is 4.96. The first-order valence-electron chi connectivity index (χ1n) is 7.91. The lowest BCUT2D eigenvalue weighted by Gasteiger charge is -2.48. The minimum atomic E-state index is -0.499. The van der Waals surface area contributed by atoms with Gasteiger partial charge in [-0.15, -0.1) is 0 Å². The first-order valence-corrected chi connectivity index (χ1v) is 8.71. The van der Waals surface area contributed by atoms with Crippen molar-refractivity contribution in [2.24, 2.45) is 5.92 Å². The largest absolute Gasteiger partial charge is 0.467 e. The molecular formula is C16H23BrN2O4. The van der Waals surface area contributed by atoms with Gasteiger partial charge in [-0.05, 0) is 49.2 Å². The van der Waals surface area contributed by atoms with E-state index >= 15 is 0 Å². The molecule has 1 saturated carbocycles. The van der Waals surface area contributed by atoms with Gasteiger partial charge in [-0.3, -0.25) is 0 Å². The highest BCUT2D eigenvalue weighted by atomic mass is 79.9. The summed E-state index contributed by atoms with van der Waals surface area (Å²) in [5.41, 5.74) is -0.499. The zero-order chi connectivity index (χ0) is 16.6. The second-order valence-electron chi connectivity index (χ2n) is 7.06. The molecule has 128 valence electrons. The van der Waals surface area contributed by atoms with Crippen LogP contribution in [0.15, 0.2) is 21.2 Å². The molecule has 6 nitrogen and oxygen atoms in total. The Balaban J connectivity index is 1.59. The Hall–Kier alpha value is -1.05. The number of hydrogen-bond donors (Lipinski definition) is 2. The van der Waals surface area contributed by atoms with E-state index in [9.17, 15) is 4.79 Å². The lowest BCUT2D eigenvalue weighted by molar-refractivity contribution is -0.0349. The van der Waals surface area contributed by atoms with Crippen molar-refractivity contribution in [3.05, 3.63) is 22.6 Å². The Bertz CT molecular complexity index is 569. The van der Waals surface area contributed by atoms with Gasteiger partial charge in [-0.2, -0.15) is 0 Å². The molecule has 1 aliphatic carbocycles. The number of rotatable bonds is 4. The van der Waals surface area contributed by atoms with E-state index in [-0.39, 0.29) is 24.3 Å². The predicted octanol–water partition coefficient (Wildman–Crippen LogP) is 2.81. The molecule has 0 spiro atoms. The molecule has 1 aliphatic heterocycles. The molecule has 1 aromatic heterocycles. The molecule has 0 aromatic carbocycles. The first-order chi connectivity index (χ1) is 10.8. The van der Waals surface area contributed by atoms with Crippen molar-refractivity contribution in [1.82, 2.24) is 10.6 Å². The molecule has 1 aromatic rings. The lowest BCUT2D eigenvalue weighted by atomic mass is 9.71. The van der Waals surface area contributed by atoms with Crippen LogP contribution in [0.25, 0.3) is 0 Å². The molecule has 3 rings (SSSR count). The van der Waals surface area contributed by atoms with Gasteiger partial charge in [0.1, 0.15) is 11.4 Å². The highest BCUT2D eigenvalue weighted by Gasteiger charge is 2.54. The van der Waals surface area contributed by atoms with Gasteiger partial charge in [0.2, 0.25) is 0 Å². The van der Waals surface area contributed by atoms with Crippen LogP contribution in [0.5, 0.6) is 0 Å². The van der Waals surface area contributed by atoms with Crippen molar-refractivity contribution in [3.8, 4) is 0 Å². The van der Waals surface area contributed by atoms with Crippen molar-refractivity contribution in [3.63, 3.8) is 0 Å². The molecule has 1 saturated heterocycles. The van der Waals surface area contributed by atoms with Gasteiger partial charge in [-0.1, -0.05) is 0 Å². The lowest BCUT2D eigenvalue weighted by Crippen LogP contribution is -2.70. The Morgan fingerprint density at radius 1 is 1.43 bits per heavy atom. The van der Waals surface area contributed by atoms with E-state index in [2.05, 4.69) is 26.6 Å². The van der Waals surface area contributed by atoms with Crippen LogP contribution in [0, 0.1) is 5.92 Å². The molecule has 0 bridgehead atoms. The third kappa shape index (κ3) is 3.72. The number of hydrogen-bond acceptors (Lipinski definition) is 5. The zero-order valence-electron chi connectivity index (χ0n) is 13.6. The highest BCUT2D eigenvalue weighted by molar-refractivity contribution is 9.10. The third-order valence-electron chi connectivity index (χ3n) is 4.26. The van der Waals surface area contributed by atoms with Gasteiger partial charge in [0.05, 0.1) is 35.5 Å². The molecule has 1 amide bonds. The highest BCUT2D eigenvalue weighted by Crippen LogP contribution is 2.39.